The van der Waals surface area contributed by atoms with E-state index >= 15 is 0 Å². The van der Waals surface area contributed by atoms with E-state index in [9.17, 15) is 22.7 Å². The van der Waals surface area contributed by atoms with Gasteiger partial charge in [0.2, 0.25) is 15.7 Å². The lowest BCUT2D eigenvalue weighted by Gasteiger charge is -2.07. The predicted molar refractivity (Wildman–Crippen MR) is 94.2 cm³/mol. The number of nitrogens with zero attached hydrogens (tertiary/aromatic N) is 1. The summed E-state index contributed by atoms with van der Waals surface area (Å²) in [4.78, 5) is 15.9. The summed E-state index contributed by atoms with van der Waals surface area (Å²) in [6, 6.07) is 6.72. The summed E-state index contributed by atoms with van der Waals surface area (Å²) in [5.41, 5.74) is 0.763. The molecule has 0 atom stereocenters. The van der Waals surface area contributed by atoms with Crippen LogP contribution in [0.2, 0.25) is 0 Å². The van der Waals surface area contributed by atoms with Gasteiger partial charge in [0.1, 0.15) is 17.2 Å². The zero-order valence-corrected chi connectivity index (χ0v) is 14.7. The molecule has 0 saturated carbocycles. The van der Waals surface area contributed by atoms with Gasteiger partial charge in [-0.1, -0.05) is 6.92 Å². The van der Waals surface area contributed by atoms with Crippen LogP contribution in [-0.4, -0.2) is 30.7 Å². The Morgan fingerprint density at radius 3 is 2.50 bits per heavy atom. The second-order valence-electron chi connectivity index (χ2n) is 5.69. The van der Waals surface area contributed by atoms with E-state index in [1.54, 1.807) is 6.92 Å². The van der Waals surface area contributed by atoms with Crippen molar-refractivity contribution in [1.29, 1.82) is 0 Å². The van der Waals surface area contributed by atoms with Gasteiger partial charge in [0.25, 0.3) is 0 Å². The highest BCUT2D eigenvalue weighted by Gasteiger charge is 2.24. The lowest BCUT2D eigenvalue weighted by molar-refractivity contribution is 0.0699. The Morgan fingerprint density at radius 1 is 1.31 bits per heavy atom. The number of hydrogen-bond donors (Lipinski definition) is 2. The van der Waals surface area contributed by atoms with Crippen LogP contribution in [0.1, 0.15) is 22.8 Å². The first-order valence-corrected chi connectivity index (χ1v) is 9.52. The van der Waals surface area contributed by atoms with Gasteiger partial charge in [-0.3, -0.25) is 4.72 Å². The maximum Gasteiger partial charge on any atom is 0.340 e. The van der Waals surface area contributed by atoms with Gasteiger partial charge in [0.05, 0.1) is 11.6 Å². The SMILES string of the molecule is CCc1cc2c(C(=O)O)c(-c3ccc(F)cc3)oc2nc1NS(C)(=O)=O. The molecule has 1 aromatic carbocycles. The van der Waals surface area contributed by atoms with Crippen molar-refractivity contribution >= 4 is 32.9 Å². The molecule has 0 amide bonds. The van der Waals surface area contributed by atoms with Crippen LogP contribution in [0.25, 0.3) is 22.4 Å². The second-order valence-corrected chi connectivity index (χ2v) is 7.44. The Kier molecular flexibility index (Phi) is 4.41. The third kappa shape index (κ3) is 3.38. The van der Waals surface area contributed by atoms with Crippen LogP contribution in [0, 0.1) is 5.82 Å². The van der Waals surface area contributed by atoms with E-state index in [4.69, 9.17) is 4.42 Å². The van der Waals surface area contributed by atoms with Crippen LogP contribution in [0.5, 0.6) is 0 Å². The molecule has 3 rings (SSSR count). The highest BCUT2D eigenvalue weighted by Crippen LogP contribution is 2.35. The van der Waals surface area contributed by atoms with Crippen molar-refractivity contribution in [3.05, 3.63) is 47.3 Å². The minimum absolute atomic E-state index is 0.0231. The van der Waals surface area contributed by atoms with Gasteiger partial charge in [0.15, 0.2) is 5.76 Å². The number of anilines is 1. The molecule has 0 aliphatic heterocycles. The van der Waals surface area contributed by atoms with E-state index < -0.39 is 21.8 Å². The molecule has 0 radical (unpaired) electrons. The molecule has 3 aromatic rings. The zero-order valence-electron chi connectivity index (χ0n) is 13.9. The number of aromatic carboxylic acids is 1. The van der Waals surface area contributed by atoms with Gasteiger partial charge in [0, 0.05) is 5.56 Å². The third-order valence-corrected chi connectivity index (χ3v) is 4.31. The minimum Gasteiger partial charge on any atom is -0.478 e. The lowest BCUT2D eigenvalue weighted by Crippen LogP contribution is -2.12. The summed E-state index contributed by atoms with van der Waals surface area (Å²) in [7, 11) is -3.57. The first kappa shape index (κ1) is 17.9. The molecule has 136 valence electrons. The number of sulfonamides is 1. The number of pyridine rings is 1. The van der Waals surface area contributed by atoms with Gasteiger partial charge in [-0.05, 0) is 42.3 Å². The van der Waals surface area contributed by atoms with Crippen molar-refractivity contribution in [2.45, 2.75) is 13.3 Å². The van der Waals surface area contributed by atoms with Crippen LogP contribution < -0.4 is 4.72 Å². The van der Waals surface area contributed by atoms with Crippen molar-refractivity contribution in [1.82, 2.24) is 4.98 Å². The van der Waals surface area contributed by atoms with Crippen LogP contribution in [0.4, 0.5) is 10.2 Å². The Morgan fingerprint density at radius 2 is 1.96 bits per heavy atom. The number of nitrogens with one attached hydrogen (secondary N) is 1. The zero-order chi connectivity index (χ0) is 19.1. The summed E-state index contributed by atoms with van der Waals surface area (Å²) < 4.78 is 44.1. The first-order valence-electron chi connectivity index (χ1n) is 7.63. The number of carboxylic acids is 1. The smallest absolute Gasteiger partial charge is 0.340 e. The fourth-order valence-corrected chi connectivity index (χ4v) is 3.14. The number of hydrogen-bond acceptors (Lipinski definition) is 5. The largest absolute Gasteiger partial charge is 0.478 e. The van der Waals surface area contributed by atoms with Crippen LogP contribution in [-0.2, 0) is 16.4 Å². The maximum absolute atomic E-state index is 13.2. The van der Waals surface area contributed by atoms with Crippen molar-refractivity contribution in [3.63, 3.8) is 0 Å². The molecule has 2 heterocycles. The standard InChI is InChI=1S/C17H15FN2O5S/c1-3-9-8-12-13(17(21)22)14(10-4-6-11(18)7-5-10)25-16(12)19-15(9)20-26(2,23)24/h4-8H,3H2,1-2H3,(H,19,20)(H,21,22). The van der Waals surface area contributed by atoms with E-state index in [0.29, 0.717) is 17.5 Å². The number of fused-ring (bicyclic) bond motifs is 1. The average Bonchev–Trinajstić information content (AvgIpc) is 2.91. The number of benzene rings is 1. The van der Waals surface area contributed by atoms with E-state index in [0.717, 1.165) is 6.26 Å². The highest BCUT2D eigenvalue weighted by atomic mass is 32.2. The molecule has 9 heteroatoms. The molecule has 0 aliphatic carbocycles. The maximum atomic E-state index is 13.2. The molecular weight excluding hydrogens is 363 g/mol. The fourth-order valence-electron chi connectivity index (χ4n) is 2.62. The van der Waals surface area contributed by atoms with Crippen LogP contribution >= 0.6 is 0 Å². The quantitative estimate of drug-likeness (QED) is 0.705. The lowest BCUT2D eigenvalue weighted by atomic mass is 10.0. The average molecular weight is 378 g/mol. The van der Waals surface area contributed by atoms with Crippen LogP contribution in [0.15, 0.2) is 34.7 Å². The summed E-state index contributed by atoms with van der Waals surface area (Å²) in [6.45, 7) is 1.79. The molecule has 0 spiro atoms. The summed E-state index contributed by atoms with van der Waals surface area (Å²) >= 11 is 0. The Hall–Kier alpha value is -2.94. The topological polar surface area (TPSA) is 110 Å². The molecule has 7 nitrogen and oxygen atoms in total. The van der Waals surface area contributed by atoms with Gasteiger partial charge in [-0.15, -0.1) is 0 Å². The minimum atomic E-state index is -3.57. The highest BCUT2D eigenvalue weighted by molar-refractivity contribution is 7.92. The molecular formula is C17H15FN2O5S. The number of aryl methyl sites for hydroxylation is 1. The molecule has 2 aromatic heterocycles. The molecule has 2 N–H and O–H groups in total. The summed E-state index contributed by atoms with van der Waals surface area (Å²) in [5, 5.41) is 9.86. The van der Waals surface area contributed by atoms with Gasteiger partial charge < -0.3 is 9.52 Å². The third-order valence-electron chi connectivity index (χ3n) is 3.74. The summed E-state index contributed by atoms with van der Waals surface area (Å²) in [5.74, 6) is -1.58. The number of rotatable bonds is 5. The molecule has 0 bridgehead atoms. The second kappa shape index (κ2) is 6.41. The normalized spacial score (nSPS) is 11.7. The molecule has 0 fully saturated rings. The monoisotopic (exact) mass is 378 g/mol. The molecule has 0 aliphatic rings. The number of aromatic nitrogens is 1. The van der Waals surface area contributed by atoms with E-state index in [2.05, 4.69) is 9.71 Å². The fraction of sp³-hybridized carbons (Fsp3) is 0.176. The molecule has 0 saturated heterocycles. The first-order chi connectivity index (χ1) is 12.2. The van der Waals surface area contributed by atoms with Crippen LogP contribution in [0.3, 0.4) is 0 Å². The number of halogens is 1. The molecule has 0 unspecified atom stereocenters. The summed E-state index contributed by atoms with van der Waals surface area (Å²) in [6.07, 6.45) is 1.42. The predicted octanol–water partition coefficient (Wildman–Crippen LogP) is 3.27. The Labute approximate surface area is 148 Å². The van der Waals surface area contributed by atoms with Gasteiger partial charge in [-0.2, -0.15) is 4.98 Å². The number of furan rings is 1. The van der Waals surface area contributed by atoms with E-state index in [1.165, 1.54) is 30.3 Å². The van der Waals surface area contributed by atoms with Gasteiger partial charge >= 0.3 is 5.97 Å². The Balaban J connectivity index is 2.29. The Bertz CT molecular complexity index is 1100. The van der Waals surface area contributed by atoms with E-state index in [-0.39, 0.29) is 28.2 Å². The van der Waals surface area contributed by atoms with Crippen molar-refractivity contribution in [2.24, 2.45) is 0 Å². The van der Waals surface area contributed by atoms with E-state index in [1.807, 2.05) is 0 Å². The molecule has 26 heavy (non-hydrogen) atoms. The van der Waals surface area contributed by atoms with Crippen molar-refractivity contribution < 1.29 is 27.1 Å². The van der Waals surface area contributed by atoms with Crippen molar-refractivity contribution in [3.8, 4) is 11.3 Å². The number of carboxylic acid groups (broad SMARTS) is 1. The number of carbonyl (C=O) groups is 1. The van der Waals surface area contributed by atoms with Gasteiger partial charge in [-0.25, -0.2) is 17.6 Å². The van der Waals surface area contributed by atoms with Crippen molar-refractivity contribution in [2.75, 3.05) is 11.0 Å².